The molecule has 30 heavy (non-hydrogen) atoms. The highest BCUT2D eigenvalue weighted by atomic mass is 35.5. The molecule has 1 N–H and O–H groups in total. The lowest BCUT2D eigenvalue weighted by Crippen LogP contribution is -2.46. The van der Waals surface area contributed by atoms with Crippen molar-refractivity contribution in [3.05, 3.63) is 51.2 Å². The summed E-state index contributed by atoms with van der Waals surface area (Å²) in [6.07, 6.45) is 1.16. The molecule has 0 bridgehead atoms. The molecule has 0 saturated carbocycles. The smallest absolute Gasteiger partial charge is 0.261 e. The Morgan fingerprint density at radius 3 is 2.87 bits per heavy atom. The predicted octanol–water partition coefficient (Wildman–Crippen LogP) is 2.68. The van der Waals surface area contributed by atoms with E-state index in [4.69, 9.17) is 21.3 Å². The molecule has 2 aromatic rings. The number of halogens is 1. The molecule has 3 aliphatic heterocycles. The number of carbonyl (C=O) groups is 1. The molecule has 1 unspecified atom stereocenters. The van der Waals surface area contributed by atoms with Gasteiger partial charge in [-0.2, -0.15) is 0 Å². The van der Waals surface area contributed by atoms with Crippen LogP contribution in [0.15, 0.2) is 41.4 Å². The van der Waals surface area contributed by atoms with E-state index in [2.05, 4.69) is 44.5 Å². The van der Waals surface area contributed by atoms with Crippen LogP contribution in [0.3, 0.4) is 0 Å². The maximum atomic E-state index is 12.2. The Kier molecular flexibility index (Phi) is 5.64. The number of amides is 1. The van der Waals surface area contributed by atoms with Crippen LogP contribution in [0, 0.1) is 0 Å². The van der Waals surface area contributed by atoms with Crippen molar-refractivity contribution in [1.29, 1.82) is 0 Å². The minimum absolute atomic E-state index is 0.0371. The molecule has 0 spiro atoms. The van der Waals surface area contributed by atoms with Crippen molar-refractivity contribution in [3.8, 4) is 0 Å². The van der Waals surface area contributed by atoms with Crippen LogP contribution in [0.5, 0.6) is 0 Å². The van der Waals surface area contributed by atoms with E-state index in [1.807, 2.05) is 0 Å². The van der Waals surface area contributed by atoms with Gasteiger partial charge in [0, 0.05) is 44.0 Å². The molecule has 3 aliphatic rings. The molecular formula is C21H24ClN5O2S. The van der Waals surface area contributed by atoms with Gasteiger partial charge in [0.15, 0.2) is 0 Å². The predicted molar refractivity (Wildman–Crippen MR) is 119 cm³/mol. The number of hydrazine groups is 1. The van der Waals surface area contributed by atoms with Gasteiger partial charge in [-0.25, -0.2) is 5.01 Å². The monoisotopic (exact) mass is 445 g/mol. The zero-order valence-corrected chi connectivity index (χ0v) is 18.2. The Morgan fingerprint density at radius 2 is 2.07 bits per heavy atom. The molecule has 1 aromatic carbocycles. The second kappa shape index (κ2) is 8.55. The third-order valence-electron chi connectivity index (χ3n) is 5.66. The molecule has 7 nitrogen and oxygen atoms in total. The minimum Gasteiger partial charge on any atom is -0.354 e. The lowest BCUT2D eigenvalue weighted by molar-refractivity contribution is 0.0875. The van der Waals surface area contributed by atoms with Crippen molar-refractivity contribution in [1.82, 2.24) is 15.3 Å². The Labute approximate surface area is 184 Å². The Balaban J connectivity index is 1.17. The molecule has 5 rings (SSSR count). The summed E-state index contributed by atoms with van der Waals surface area (Å²) in [7, 11) is 0. The summed E-state index contributed by atoms with van der Waals surface area (Å²) in [5.41, 5.74) is 2.27. The molecular weight excluding hydrogens is 422 g/mol. The third-order valence-corrected chi connectivity index (χ3v) is 6.89. The summed E-state index contributed by atoms with van der Waals surface area (Å²) in [6.45, 7) is 5.79. The van der Waals surface area contributed by atoms with Crippen LogP contribution in [0.4, 0.5) is 5.69 Å². The third kappa shape index (κ3) is 4.05. The van der Waals surface area contributed by atoms with Gasteiger partial charge in [-0.15, -0.1) is 11.3 Å². The van der Waals surface area contributed by atoms with E-state index in [0.717, 1.165) is 49.8 Å². The number of carbonyl (C=O) groups excluding carboxylic acids is 1. The van der Waals surface area contributed by atoms with E-state index in [9.17, 15) is 4.79 Å². The van der Waals surface area contributed by atoms with Crippen LogP contribution in [-0.2, 0) is 4.74 Å². The first-order valence-corrected chi connectivity index (χ1v) is 11.4. The van der Waals surface area contributed by atoms with Crippen LogP contribution >= 0.6 is 22.9 Å². The fourth-order valence-corrected chi connectivity index (χ4v) is 5.09. The second-order valence-electron chi connectivity index (χ2n) is 7.64. The number of rotatable bonds is 5. The number of hydrogen-bond acceptors (Lipinski definition) is 7. The maximum Gasteiger partial charge on any atom is 0.261 e. The van der Waals surface area contributed by atoms with E-state index in [-0.39, 0.29) is 12.0 Å². The van der Waals surface area contributed by atoms with E-state index in [1.165, 1.54) is 17.8 Å². The summed E-state index contributed by atoms with van der Waals surface area (Å²) in [4.78, 5) is 19.8. The number of ether oxygens (including phenoxy) is 1. The van der Waals surface area contributed by atoms with Crippen LogP contribution in [0.2, 0.25) is 4.34 Å². The number of fused-ring (bicyclic) bond motifs is 1. The number of benzene rings is 1. The summed E-state index contributed by atoms with van der Waals surface area (Å²) in [5.74, 6) is 0.972. The van der Waals surface area contributed by atoms with Gasteiger partial charge in [-0.3, -0.25) is 14.8 Å². The van der Waals surface area contributed by atoms with Gasteiger partial charge < -0.3 is 15.0 Å². The number of hydrogen-bond donors (Lipinski definition) is 1. The number of aliphatic imine (C=N–C) groups is 1. The number of nitrogens with zero attached hydrogens (tertiary/aromatic N) is 4. The normalized spacial score (nSPS) is 21.6. The largest absolute Gasteiger partial charge is 0.354 e. The molecule has 2 fully saturated rings. The standard InChI is InChI=1S/C21H24ClN5O2S/c22-19-7-6-18(30-19)21(28)24-12-17-13-25(14-29-17)16-4-2-15(3-5-16)20-23-8-11-26-9-1-10-27(20)26/h2-7,17H,1,8-14H2,(H,24,28). The average molecular weight is 446 g/mol. The van der Waals surface area contributed by atoms with Crippen molar-refractivity contribution in [2.24, 2.45) is 4.99 Å². The molecule has 0 radical (unpaired) electrons. The highest BCUT2D eigenvalue weighted by Crippen LogP contribution is 2.24. The Hall–Kier alpha value is -2.13. The SMILES string of the molecule is O=C(NCC1CN(c2ccc(C3=NCCN4CCCN34)cc2)CO1)c1ccc(Cl)s1. The maximum absolute atomic E-state index is 12.2. The first-order valence-electron chi connectivity index (χ1n) is 10.2. The Bertz CT molecular complexity index is 947. The summed E-state index contributed by atoms with van der Waals surface area (Å²) in [5, 5.41) is 7.65. The van der Waals surface area contributed by atoms with E-state index in [0.29, 0.717) is 22.5 Å². The van der Waals surface area contributed by atoms with Gasteiger partial charge >= 0.3 is 0 Å². The number of thiophene rings is 1. The summed E-state index contributed by atoms with van der Waals surface area (Å²) >= 11 is 7.18. The molecule has 158 valence electrons. The molecule has 1 amide bonds. The van der Waals surface area contributed by atoms with Crippen LogP contribution in [0.1, 0.15) is 21.7 Å². The first-order chi connectivity index (χ1) is 14.7. The molecule has 0 aliphatic carbocycles. The van der Waals surface area contributed by atoms with Crippen LogP contribution in [0.25, 0.3) is 0 Å². The highest BCUT2D eigenvalue weighted by molar-refractivity contribution is 7.17. The molecule has 1 aromatic heterocycles. The van der Waals surface area contributed by atoms with E-state index in [1.54, 1.807) is 12.1 Å². The molecule has 1 atom stereocenters. The minimum atomic E-state index is -0.109. The van der Waals surface area contributed by atoms with Gasteiger partial charge in [0.25, 0.3) is 5.91 Å². The summed E-state index contributed by atoms with van der Waals surface area (Å²) in [6, 6.07) is 12.0. The fourth-order valence-electron chi connectivity index (χ4n) is 4.13. The average Bonchev–Trinajstić information content (AvgIpc) is 3.52. The number of amidine groups is 1. The van der Waals surface area contributed by atoms with E-state index >= 15 is 0 Å². The second-order valence-corrected chi connectivity index (χ2v) is 9.35. The van der Waals surface area contributed by atoms with Gasteiger partial charge in [0.2, 0.25) is 0 Å². The van der Waals surface area contributed by atoms with Crippen molar-refractivity contribution in [2.45, 2.75) is 12.5 Å². The molecule has 9 heteroatoms. The zero-order valence-electron chi connectivity index (χ0n) is 16.6. The van der Waals surface area contributed by atoms with Gasteiger partial charge in [0.1, 0.15) is 12.6 Å². The van der Waals surface area contributed by atoms with Crippen LogP contribution < -0.4 is 10.2 Å². The van der Waals surface area contributed by atoms with Gasteiger partial charge in [-0.05, 0) is 42.8 Å². The highest BCUT2D eigenvalue weighted by Gasteiger charge is 2.29. The molecule has 2 saturated heterocycles. The van der Waals surface area contributed by atoms with Crippen molar-refractivity contribution in [2.75, 3.05) is 50.9 Å². The van der Waals surface area contributed by atoms with Crippen molar-refractivity contribution in [3.63, 3.8) is 0 Å². The number of nitrogens with one attached hydrogen (secondary N) is 1. The summed E-state index contributed by atoms with van der Waals surface area (Å²) < 4.78 is 6.48. The van der Waals surface area contributed by atoms with Crippen LogP contribution in [-0.4, -0.2) is 73.9 Å². The van der Waals surface area contributed by atoms with Gasteiger partial charge in [0.05, 0.1) is 21.9 Å². The fraction of sp³-hybridized carbons (Fsp3) is 0.429. The Morgan fingerprint density at radius 1 is 1.20 bits per heavy atom. The zero-order chi connectivity index (χ0) is 20.5. The van der Waals surface area contributed by atoms with E-state index < -0.39 is 0 Å². The number of anilines is 1. The first kappa shape index (κ1) is 19.8. The van der Waals surface area contributed by atoms with Crippen molar-refractivity contribution >= 4 is 40.4 Å². The topological polar surface area (TPSA) is 60.4 Å². The van der Waals surface area contributed by atoms with Gasteiger partial charge in [-0.1, -0.05) is 11.6 Å². The lowest BCUT2D eigenvalue weighted by atomic mass is 10.1. The van der Waals surface area contributed by atoms with Crippen molar-refractivity contribution < 1.29 is 9.53 Å². The lowest BCUT2D eigenvalue weighted by Gasteiger charge is -2.34. The molecule has 4 heterocycles. The quantitative estimate of drug-likeness (QED) is 0.766.